The number of carbonyl (C=O) groups is 1. The van der Waals surface area contributed by atoms with E-state index in [2.05, 4.69) is 0 Å². The molecule has 0 saturated heterocycles. The molecule has 1 unspecified atom stereocenters. The van der Waals surface area contributed by atoms with Gasteiger partial charge in [0.15, 0.2) is 0 Å². The quantitative estimate of drug-likeness (QED) is 0.509. The van der Waals surface area contributed by atoms with Gasteiger partial charge in [0, 0.05) is 5.92 Å². The van der Waals surface area contributed by atoms with Crippen LogP contribution < -0.4 is 0 Å². The molecule has 0 saturated carbocycles. The van der Waals surface area contributed by atoms with Gasteiger partial charge in [-0.2, -0.15) is 0 Å². The first kappa shape index (κ1) is 15.6. The summed E-state index contributed by atoms with van der Waals surface area (Å²) in [5.41, 5.74) is 0. The molecule has 0 aliphatic carbocycles. The van der Waals surface area contributed by atoms with Crippen LogP contribution in [-0.4, -0.2) is 6.29 Å². The molecule has 1 nitrogen and oxygen atoms in total. The summed E-state index contributed by atoms with van der Waals surface area (Å²) in [6, 6.07) is 0. The van der Waals surface area contributed by atoms with E-state index in [0.29, 0.717) is 0 Å². The largest absolute Gasteiger partial charge is 0.303 e. The second-order valence-corrected chi connectivity index (χ2v) is 1.52. The molecule has 0 heterocycles. The van der Waals surface area contributed by atoms with Gasteiger partial charge < -0.3 is 4.79 Å². The molecular weight excluding hydrogens is 100 g/mol. The minimum atomic E-state index is 0. The molecule has 0 radical (unpaired) electrons. The van der Waals surface area contributed by atoms with Crippen molar-refractivity contribution in [1.29, 1.82) is 0 Å². The summed E-state index contributed by atoms with van der Waals surface area (Å²) >= 11 is 0. The lowest BCUT2D eigenvalue weighted by Gasteiger charge is -1.89. The summed E-state index contributed by atoms with van der Waals surface area (Å²) < 4.78 is 0. The Kier molecular flexibility index (Phi) is 19.2. The third-order valence-electron chi connectivity index (χ3n) is 0.876. The van der Waals surface area contributed by atoms with Crippen molar-refractivity contribution in [1.82, 2.24) is 0 Å². The summed E-state index contributed by atoms with van der Waals surface area (Å²) in [5, 5.41) is 0. The Morgan fingerprint density at radius 1 is 1.50 bits per heavy atom. The van der Waals surface area contributed by atoms with Crippen LogP contribution in [0.4, 0.5) is 0 Å². The van der Waals surface area contributed by atoms with Gasteiger partial charge in [0.25, 0.3) is 0 Å². The molecule has 0 rings (SSSR count). The van der Waals surface area contributed by atoms with Gasteiger partial charge in [-0.3, -0.25) is 0 Å². The normalized spacial score (nSPS) is 10.2. The van der Waals surface area contributed by atoms with Gasteiger partial charge in [-0.25, -0.2) is 0 Å². The van der Waals surface area contributed by atoms with Crippen LogP contribution in [0, 0.1) is 5.92 Å². The molecule has 1 heteroatoms. The van der Waals surface area contributed by atoms with Crippen LogP contribution in [0.2, 0.25) is 0 Å². The van der Waals surface area contributed by atoms with Gasteiger partial charge in [0.2, 0.25) is 0 Å². The molecule has 8 heavy (non-hydrogen) atoms. The molecule has 1 atom stereocenters. The van der Waals surface area contributed by atoms with Crippen molar-refractivity contribution in [2.24, 2.45) is 5.92 Å². The summed E-state index contributed by atoms with van der Waals surface area (Å²) in [5.74, 6) is 0.255. The fourth-order valence-corrected chi connectivity index (χ4v) is 0.0962. The summed E-state index contributed by atoms with van der Waals surface area (Å²) in [7, 11) is 0. The predicted octanol–water partition coefficient (Wildman–Crippen LogP) is 2.50. The van der Waals surface area contributed by atoms with Crippen molar-refractivity contribution in [3.05, 3.63) is 0 Å². The first-order valence-corrected chi connectivity index (χ1v) is 2.26. The zero-order valence-electron chi connectivity index (χ0n) is 4.27. The Hall–Kier alpha value is -0.330. The molecule has 0 fully saturated rings. The predicted molar refractivity (Wildman–Crippen MR) is 39.0 cm³/mol. The number of carbonyl (C=O) groups excluding carboxylic acids is 1. The number of aldehydes is 1. The van der Waals surface area contributed by atoms with E-state index in [4.69, 9.17) is 0 Å². The summed E-state index contributed by atoms with van der Waals surface area (Å²) in [4.78, 5) is 9.74. The van der Waals surface area contributed by atoms with Gasteiger partial charge in [0.05, 0.1) is 0 Å². The maximum Gasteiger partial charge on any atom is 0.122 e. The second-order valence-electron chi connectivity index (χ2n) is 1.52. The van der Waals surface area contributed by atoms with Crippen molar-refractivity contribution in [3.8, 4) is 0 Å². The van der Waals surface area contributed by atoms with Crippen LogP contribution >= 0.6 is 0 Å². The second kappa shape index (κ2) is 9.83. The number of hydrogen-bond acceptors (Lipinski definition) is 1. The van der Waals surface area contributed by atoms with E-state index in [1.807, 2.05) is 13.8 Å². The minimum Gasteiger partial charge on any atom is -0.303 e. The SMILES string of the molecule is C.C.CCC(C)C=O. The van der Waals surface area contributed by atoms with Crippen LogP contribution in [0.1, 0.15) is 35.1 Å². The lowest BCUT2D eigenvalue weighted by molar-refractivity contribution is -0.110. The van der Waals surface area contributed by atoms with Crippen LogP contribution in [0.3, 0.4) is 0 Å². The fourth-order valence-electron chi connectivity index (χ4n) is 0.0962. The average molecular weight is 118 g/mol. The van der Waals surface area contributed by atoms with Crippen molar-refractivity contribution < 1.29 is 4.79 Å². The van der Waals surface area contributed by atoms with E-state index in [1.54, 1.807) is 0 Å². The molecule has 0 bridgehead atoms. The van der Waals surface area contributed by atoms with Gasteiger partial charge >= 0.3 is 0 Å². The van der Waals surface area contributed by atoms with E-state index in [-0.39, 0.29) is 20.8 Å². The number of rotatable bonds is 2. The Labute approximate surface area is 53.1 Å². The Morgan fingerprint density at radius 2 is 1.88 bits per heavy atom. The molecule has 0 spiro atoms. The molecule has 0 aliphatic heterocycles. The van der Waals surface area contributed by atoms with E-state index in [9.17, 15) is 4.79 Å². The van der Waals surface area contributed by atoms with Gasteiger partial charge in [-0.15, -0.1) is 0 Å². The van der Waals surface area contributed by atoms with Crippen molar-refractivity contribution in [3.63, 3.8) is 0 Å². The zero-order valence-corrected chi connectivity index (χ0v) is 4.27. The molecule has 0 amide bonds. The highest BCUT2D eigenvalue weighted by Gasteiger charge is 1.89. The fraction of sp³-hybridized carbons (Fsp3) is 0.857. The molecule has 0 aromatic carbocycles. The third kappa shape index (κ3) is 9.18. The monoisotopic (exact) mass is 118 g/mol. The van der Waals surface area contributed by atoms with Crippen LogP contribution in [0.25, 0.3) is 0 Å². The standard InChI is InChI=1S/C5H10O.2CH4/c1-3-5(2)4-6;;/h4-5H,3H2,1-2H3;2*1H4. The molecule has 52 valence electrons. The molecule has 0 aromatic heterocycles. The average Bonchev–Trinajstić information content (AvgIpc) is 1.65. The van der Waals surface area contributed by atoms with E-state index in [1.165, 1.54) is 0 Å². The molecule has 0 aliphatic rings. The maximum absolute atomic E-state index is 9.74. The van der Waals surface area contributed by atoms with Crippen molar-refractivity contribution in [2.45, 2.75) is 35.1 Å². The van der Waals surface area contributed by atoms with Gasteiger partial charge in [-0.05, 0) is 6.42 Å². The van der Waals surface area contributed by atoms with E-state index < -0.39 is 0 Å². The van der Waals surface area contributed by atoms with E-state index >= 15 is 0 Å². The maximum atomic E-state index is 9.74. The Morgan fingerprint density at radius 3 is 1.88 bits per heavy atom. The zero-order chi connectivity index (χ0) is 4.99. The van der Waals surface area contributed by atoms with Gasteiger partial charge in [-0.1, -0.05) is 28.7 Å². The Balaban J connectivity index is -0.000000125. The summed E-state index contributed by atoms with van der Waals surface area (Å²) in [6.07, 6.45) is 1.93. The number of hydrogen-bond donors (Lipinski definition) is 0. The molecular formula is C7H18O. The lowest BCUT2D eigenvalue weighted by Crippen LogP contribution is -1.89. The first-order valence-electron chi connectivity index (χ1n) is 2.26. The van der Waals surface area contributed by atoms with Crippen molar-refractivity contribution in [2.75, 3.05) is 0 Å². The highest BCUT2D eigenvalue weighted by molar-refractivity contribution is 5.52. The van der Waals surface area contributed by atoms with Crippen LogP contribution in [0.15, 0.2) is 0 Å². The Bertz CT molecular complexity index is 41.7. The molecule has 0 aromatic rings. The minimum absolute atomic E-state index is 0. The molecule has 0 N–H and O–H groups in total. The lowest BCUT2D eigenvalue weighted by atomic mass is 10.2. The van der Waals surface area contributed by atoms with Crippen LogP contribution in [-0.2, 0) is 4.79 Å². The van der Waals surface area contributed by atoms with Gasteiger partial charge in [0.1, 0.15) is 6.29 Å². The summed E-state index contributed by atoms with van der Waals surface area (Å²) in [6.45, 7) is 3.91. The highest BCUT2D eigenvalue weighted by Crippen LogP contribution is 1.91. The smallest absolute Gasteiger partial charge is 0.122 e. The highest BCUT2D eigenvalue weighted by atomic mass is 16.1. The third-order valence-corrected chi connectivity index (χ3v) is 0.876. The van der Waals surface area contributed by atoms with Crippen molar-refractivity contribution >= 4 is 6.29 Å². The first-order chi connectivity index (χ1) is 2.81. The van der Waals surface area contributed by atoms with Crippen LogP contribution in [0.5, 0.6) is 0 Å². The van der Waals surface area contributed by atoms with E-state index in [0.717, 1.165) is 12.7 Å². The topological polar surface area (TPSA) is 17.1 Å².